The molecule has 1 aromatic heterocycles. The number of sulfonamides is 1. The van der Waals surface area contributed by atoms with Gasteiger partial charge in [0, 0.05) is 36.9 Å². The van der Waals surface area contributed by atoms with E-state index in [2.05, 4.69) is 4.72 Å². The van der Waals surface area contributed by atoms with Crippen LogP contribution in [0.3, 0.4) is 0 Å². The highest BCUT2D eigenvalue weighted by Gasteiger charge is 2.27. The second-order valence-electron chi connectivity index (χ2n) is 7.98. The third kappa shape index (κ3) is 6.43. The smallest absolute Gasteiger partial charge is 0.338 e. The number of furan rings is 1. The molecule has 1 aliphatic rings. The molecule has 0 bridgehead atoms. The van der Waals surface area contributed by atoms with Crippen molar-refractivity contribution < 1.29 is 32.0 Å². The number of nitrogens with one attached hydrogen (secondary N) is 1. The fraction of sp³-hybridized carbons (Fsp3) is 0.208. The summed E-state index contributed by atoms with van der Waals surface area (Å²) in [5.74, 6) is -1.37. The van der Waals surface area contributed by atoms with Gasteiger partial charge in [-0.2, -0.15) is 0 Å². The van der Waals surface area contributed by atoms with Crippen LogP contribution < -0.4 is 4.72 Å². The van der Waals surface area contributed by atoms with Crippen LogP contribution in [-0.4, -0.2) is 68.8 Å². The first kappa shape index (κ1) is 26.5. The molecule has 10 nitrogen and oxygen atoms in total. The first-order valence-electron chi connectivity index (χ1n) is 11.0. The van der Waals surface area contributed by atoms with Gasteiger partial charge in [-0.3, -0.25) is 14.3 Å². The normalized spacial score (nSPS) is 13.8. The van der Waals surface area contributed by atoms with Gasteiger partial charge in [-0.15, -0.1) is 0 Å². The fourth-order valence-corrected chi connectivity index (χ4v) is 5.29. The number of rotatable bonds is 7. The van der Waals surface area contributed by atoms with E-state index in [1.165, 1.54) is 47.6 Å². The van der Waals surface area contributed by atoms with E-state index in [0.29, 0.717) is 18.1 Å². The molecule has 37 heavy (non-hydrogen) atoms. The van der Waals surface area contributed by atoms with Crippen molar-refractivity contribution in [2.45, 2.75) is 4.90 Å². The van der Waals surface area contributed by atoms with Crippen molar-refractivity contribution in [3.05, 3.63) is 82.2 Å². The van der Waals surface area contributed by atoms with Crippen molar-refractivity contribution in [3.8, 4) is 0 Å². The molecule has 1 aliphatic heterocycles. The van der Waals surface area contributed by atoms with Crippen molar-refractivity contribution in [1.82, 2.24) is 9.80 Å². The van der Waals surface area contributed by atoms with E-state index in [0.717, 1.165) is 6.07 Å². The zero-order valence-electron chi connectivity index (χ0n) is 19.2. The van der Waals surface area contributed by atoms with Gasteiger partial charge in [-0.25, -0.2) is 13.2 Å². The van der Waals surface area contributed by atoms with Crippen LogP contribution in [0.15, 0.2) is 70.2 Å². The van der Waals surface area contributed by atoms with Crippen LogP contribution in [0.1, 0.15) is 20.9 Å². The molecule has 2 amide bonds. The summed E-state index contributed by atoms with van der Waals surface area (Å²) in [5, 5.41) is 0.334. The van der Waals surface area contributed by atoms with Gasteiger partial charge in [-0.05, 0) is 54.6 Å². The molecule has 2 heterocycles. The minimum absolute atomic E-state index is 0.0949. The predicted molar refractivity (Wildman–Crippen MR) is 135 cm³/mol. The summed E-state index contributed by atoms with van der Waals surface area (Å²) >= 11 is 11.9. The van der Waals surface area contributed by atoms with Crippen molar-refractivity contribution >= 4 is 56.7 Å². The number of piperazine rings is 1. The topological polar surface area (TPSA) is 126 Å². The third-order valence-electron chi connectivity index (χ3n) is 5.53. The van der Waals surface area contributed by atoms with Gasteiger partial charge >= 0.3 is 5.97 Å². The maximum Gasteiger partial charge on any atom is 0.338 e. The Hall–Kier alpha value is -3.54. The number of carbonyl (C=O) groups is 3. The lowest BCUT2D eigenvalue weighted by Crippen LogP contribution is -2.51. The molecular formula is C24H21Cl2N3O7S. The molecule has 0 aliphatic carbocycles. The quantitative estimate of drug-likeness (QED) is 0.434. The van der Waals surface area contributed by atoms with Gasteiger partial charge in [0.15, 0.2) is 12.4 Å². The minimum Gasteiger partial charge on any atom is -0.459 e. The number of halogens is 2. The second kappa shape index (κ2) is 11.2. The third-order valence-corrected chi connectivity index (χ3v) is 7.65. The number of ether oxygens (including phenoxy) is 1. The van der Waals surface area contributed by atoms with Crippen LogP contribution in [0.25, 0.3) is 0 Å². The summed E-state index contributed by atoms with van der Waals surface area (Å²) in [6.07, 6.45) is 1.41. The number of hydrogen-bond donors (Lipinski definition) is 1. The number of esters is 1. The van der Waals surface area contributed by atoms with E-state index in [1.807, 2.05) is 0 Å². The van der Waals surface area contributed by atoms with Crippen LogP contribution in [0.5, 0.6) is 0 Å². The fourth-order valence-electron chi connectivity index (χ4n) is 3.58. The summed E-state index contributed by atoms with van der Waals surface area (Å²) < 4.78 is 38.3. The predicted octanol–water partition coefficient (Wildman–Crippen LogP) is 3.53. The molecule has 0 atom stereocenters. The maximum absolute atomic E-state index is 12.8. The van der Waals surface area contributed by atoms with Crippen LogP contribution >= 0.6 is 23.2 Å². The summed E-state index contributed by atoms with van der Waals surface area (Å²) in [6, 6.07) is 12.8. The number of anilines is 1. The van der Waals surface area contributed by atoms with E-state index in [9.17, 15) is 22.8 Å². The number of benzene rings is 2. The van der Waals surface area contributed by atoms with Crippen molar-refractivity contribution in [3.63, 3.8) is 0 Å². The Balaban J connectivity index is 1.34. The summed E-state index contributed by atoms with van der Waals surface area (Å²) in [7, 11) is -4.14. The lowest BCUT2D eigenvalue weighted by molar-refractivity contribution is -0.136. The molecule has 3 aromatic rings. The molecule has 0 saturated carbocycles. The number of carbonyl (C=O) groups excluding carboxylic acids is 3. The van der Waals surface area contributed by atoms with Gasteiger partial charge in [0.25, 0.3) is 21.8 Å². The Morgan fingerprint density at radius 1 is 0.946 bits per heavy atom. The van der Waals surface area contributed by atoms with Gasteiger partial charge in [0.2, 0.25) is 0 Å². The molecule has 2 aromatic carbocycles. The first-order valence-corrected chi connectivity index (χ1v) is 13.2. The van der Waals surface area contributed by atoms with E-state index in [4.69, 9.17) is 32.4 Å². The van der Waals surface area contributed by atoms with Gasteiger partial charge in [0.1, 0.15) is 4.90 Å². The maximum atomic E-state index is 12.8. The highest BCUT2D eigenvalue weighted by atomic mass is 35.5. The molecule has 0 spiro atoms. The van der Waals surface area contributed by atoms with Crippen molar-refractivity contribution in [1.29, 1.82) is 0 Å². The average Bonchev–Trinajstić information content (AvgIpc) is 3.43. The number of hydrogen-bond acceptors (Lipinski definition) is 7. The molecule has 1 saturated heterocycles. The highest BCUT2D eigenvalue weighted by Crippen LogP contribution is 2.26. The van der Waals surface area contributed by atoms with Gasteiger partial charge in [-0.1, -0.05) is 23.2 Å². The monoisotopic (exact) mass is 565 g/mol. The molecule has 1 fully saturated rings. The van der Waals surface area contributed by atoms with Crippen LogP contribution in [0.4, 0.5) is 5.69 Å². The number of amides is 2. The Morgan fingerprint density at radius 2 is 1.62 bits per heavy atom. The van der Waals surface area contributed by atoms with E-state index >= 15 is 0 Å². The zero-order valence-corrected chi connectivity index (χ0v) is 21.6. The average molecular weight is 566 g/mol. The molecule has 0 unspecified atom stereocenters. The van der Waals surface area contributed by atoms with Crippen molar-refractivity contribution in [2.75, 3.05) is 37.5 Å². The Bertz CT molecular complexity index is 1400. The van der Waals surface area contributed by atoms with Crippen LogP contribution in [-0.2, 0) is 19.6 Å². The van der Waals surface area contributed by atoms with E-state index in [1.54, 1.807) is 17.0 Å². The minimum atomic E-state index is -4.14. The van der Waals surface area contributed by atoms with Crippen molar-refractivity contribution in [2.24, 2.45) is 0 Å². The largest absolute Gasteiger partial charge is 0.459 e. The Kier molecular flexibility index (Phi) is 8.06. The zero-order chi connectivity index (χ0) is 26.6. The summed E-state index contributed by atoms with van der Waals surface area (Å²) in [5.41, 5.74) is 0.160. The molecule has 0 radical (unpaired) electrons. The Morgan fingerprint density at radius 3 is 2.27 bits per heavy atom. The molecule has 1 N–H and O–H groups in total. The van der Waals surface area contributed by atoms with Crippen LogP contribution in [0.2, 0.25) is 10.0 Å². The lowest BCUT2D eigenvalue weighted by Gasteiger charge is -2.34. The lowest BCUT2D eigenvalue weighted by atomic mass is 10.2. The van der Waals surface area contributed by atoms with E-state index in [-0.39, 0.29) is 45.9 Å². The molecule has 194 valence electrons. The molecule has 4 rings (SSSR count). The highest BCUT2D eigenvalue weighted by molar-refractivity contribution is 7.92. The Labute approximate surface area is 222 Å². The molecule has 13 heteroatoms. The van der Waals surface area contributed by atoms with E-state index < -0.39 is 28.5 Å². The SMILES string of the molecule is O=C(OCC(=O)N1CCN(C(=O)c2ccco2)CC1)c1ccc(Cl)c(S(=O)(=O)Nc2ccc(Cl)cc2)c1. The summed E-state index contributed by atoms with van der Waals surface area (Å²) in [6.45, 7) is 0.597. The van der Waals surface area contributed by atoms with Gasteiger partial charge in [0.05, 0.1) is 16.8 Å². The second-order valence-corrected chi connectivity index (χ2v) is 10.5. The summed E-state index contributed by atoms with van der Waals surface area (Å²) in [4.78, 5) is 40.2. The first-order chi connectivity index (χ1) is 17.6. The standard InChI is InChI=1S/C24H21Cl2N3O7S/c25-17-4-6-18(7-5-17)27-37(33,34)21-14-16(3-8-19(21)26)24(32)36-15-22(30)28-9-11-29(12-10-28)23(31)20-2-1-13-35-20/h1-8,13-14,27H,9-12,15H2. The number of nitrogens with zero attached hydrogens (tertiary/aromatic N) is 2. The van der Waals surface area contributed by atoms with Crippen LogP contribution in [0, 0.1) is 0 Å². The van der Waals surface area contributed by atoms with Gasteiger partial charge < -0.3 is 19.0 Å². The molecular weight excluding hydrogens is 545 g/mol.